The Balaban J connectivity index is 0.856. The Morgan fingerprint density at radius 1 is 0.242 bits per heavy atom. The lowest BCUT2D eigenvalue weighted by Crippen LogP contribution is -2.33. The fourth-order valence-corrected chi connectivity index (χ4v) is 23.8. The molecule has 21 rings (SSSR count). The number of rotatable bonds is 31. The smallest absolute Gasteiger partial charge is 0.144 e. The number of para-hydroxylation sites is 3. The Hall–Kier alpha value is -11.7. The minimum Gasteiger partial charge on any atom is -0.456 e. The summed E-state index contributed by atoms with van der Waals surface area (Å²) in [4.78, 5) is 2.67. The summed E-state index contributed by atoms with van der Waals surface area (Å²) >= 11 is 0. The van der Waals surface area contributed by atoms with E-state index in [2.05, 4.69) is 330 Å². The van der Waals surface area contributed by atoms with Crippen molar-refractivity contribution in [2.24, 2.45) is 0 Å². The van der Waals surface area contributed by atoms with Crippen molar-refractivity contribution in [1.82, 2.24) is 0 Å². The monoisotopic (exact) mass is 1560 g/mol. The first-order valence-corrected chi connectivity index (χ1v) is 45.9. The quantitative estimate of drug-likeness (QED) is 0.0406. The van der Waals surface area contributed by atoms with Gasteiger partial charge < -0.3 is 18.2 Å². The number of anilines is 3. The van der Waals surface area contributed by atoms with Crippen LogP contribution in [0.2, 0.25) is 0 Å². The van der Waals surface area contributed by atoms with Crippen LogP contribution in [-0.4, -0.2) is 0 Å². The molecule has 0 radical (unpaired) electrons. The molecule has 0 saturated carbocycles. The Morgan fingerprint density at radius 2 is 0.633 bits per heavy atom. The highest BCUT2D eigenvalue weighted by Crippen LogP contribution is 2.70. The second-order valence-electron chi connectivity index (χ2n) is 35.6. The van der Waals surface area contributed by atoms with Gasteiger partial charge in [-0.3, -0.25) is 0 Å². The molecule has 0 spiro atoms. The van der Waals surface area contributed by atoms with E-state index in [9.17, 15) is 0 Å². The minimum atomic E-state index is -0.825. The molecular formula is C116H109NO3. The van der Waals surface area contributed by atoms with Crippen molar-refractivity contribution in [3.05, 3.63) is 364 Å². The molecule has 0 aliphatic heterocycles. The van der Waals surface area contributed by atoms with Crippen molar-refractivity contribution >= 4 is 82.9 Å². The molecule has 14 aromatic carbocycles. The van der Waals surface area contributed by atoms with Gasteiger partial charge in [0.25, 0.3) is 0 Å². The first kappa shape index (κ1) is 75.7. The Bertz CT molecular complexity index is 6580. The second-order valence-corrected chi connectivity index (χ2v) is 35.6. The summed E-state index contributed by atoms with van der Waals surface area (Å²) in [7, 11) is 0. The Morgan fingerprint density at radius 3 is 1.18 bits per heavy atom. The molecule has 4 aliphatic rings. The van der Waals surface area contributed by atoms with Gasteiger partial charge in [0.15, 0.2) is 0 Å². The SMILES string of the molecule is CCCCCCCC1(CCCCCCC)c2cc(N(c3ccc4c(c3)C(c3ccccc3)(c3ccccc3)c3cc5c(cc3-4)C(c3ccccc3)(c3ccccc3)c3ccc4oc6ccccc6c4c3-5)c3cccc4oc5ccccc5c34)ccc2-c2c1c1c(c3c2oc2ccccc23)-c2ccccc2C1(CCCCCCC)CCCCCCC. The van der Waals surface area contributed by atoms with Crippen molar-refractivity contribution in [3.63, 3.8) is 0 Å². The molecule has 120 heavy (non-hydrogen) atoms. The van der Waals surface area contributed by atoms with Crippen LogP contribution >= 0.6 is 0 Å². The lowest BCUT2D eigenvalue weighted by Gasteiger charge is -2.40. The van der Waals surface area contributed by atoms with Gasteiger partial charge in [-0.2, -0.15) is 0 Å². The van der Waals surface area contributed by atoms with Crippen LogP contribution in [0.15, 0.2) is 311 Å². The third kappa shape index (κ3) is 11.7. The third-order valence-electron chi connectivity index (χ3n) is 29.0. The third-order valence-corrected chi connectivity index (χ3v) is 29.0. The van der Waals surface area contributed by atoms with Gasteiger partial charge in [-0.05, 0) is 204 Å². The van der Waals surface area contributed by atoms with Gasteiger partial charge in [-0.25, -0.2) is 0 Å². The van der Waals surface area contributed by atoms with E-state index < -0.39 is 10.8 Å². The second kappa shape index (κ2) is 31.5. The lowest BCUT2D eigenvalue weighted by molar-refractivity contribution is 0.369. The maximum absolute atomic E-state index is 7.78. The lowest BCUT2D eigenvalue weighted by atomic mass is 9.62. The molecule has 0 unspecified atom stereocenters. The fraction of sp³-hybridized carbons (Fsp3) is 0.276. The zero-order valence-electron chi connectivity index (χ0n) is 70.4. The summed E-state index contributed by atoms with van der Waals surface area (Å²) in [6.07, 6.45) is 29.0. The highest BCUT2D eigenvalue weighted by atomic mass is 16.3. The topological polar surface area (TPSA) is 42.7 Å². The standard InChI is InChI=1S/C116H109NO3/c1-5-9-13-17-41-70-113(71-42-18-14-10-6-2)92-58-37-33-54-85(92)107-108-89-57-36-40-62-101(89)120-112(108)109-86-67-65-82(74-94(86)114(111(109)110(107)113,72-43-19-15-11-7-3)73-44-20-16-12-8-4)117(98-59-45-63-102-105(98)87-55-34-38-60-99(87)118-102)83-64-66-84-90-76-97-91(77-96(90)116(95(84)75-83,80-50-29-23-30-51-80)81-52-31-24-32-53-81)104-93(68-69-103-106(104)88-56-35-39-61-100(88)119-103)115(97,78-46-25-21-26-47-78)79-48-27-22-28-49-79/h21-40,45-69,74-77H,5-20,41-44,70-73H2,1-4H3. The van der Waals surface area contributed by atoms with Crippen molar-refractivity contribution in [2.75, 3.05) is 4.90 Å². The highest BCUT2D eigenvalue weighted by molar-refractivity contribution is 6.22. The maximum Gasteiger partial charge on any atom is 0.144 e. The first-order chi connectivity index (χ1) is 59.4. The van der Waals surface area contributed by atoms with E-state index in [1.807, 2.05) is 0 Å². The van der Waals surface area contributed by atoms with Crippen LogP contribution in [0, 0.1) is 0 Å². The van der Waals surface area contributed by atoms with Gasteiger partial charge in [0, 0.05) is 54.7 Å². The van der Waals surface area contributed by atoms with Gasteiger partial charge in [0.05, 0.1) is 21.9 Å². The van der Waals surface area contributed by atoms with Gasteiger partial charge in [-0.15, -0.1) is 0 Å². The zero-order valence-corrected chi connectivity index (χ0v) is 70.4. The molecule has 0 saturated heterocycles. The number of nitrogens with zero attached hydrogens (tertiary/aromatic N) is 1. The van der Waals surface area contributed by atoms with Crippen molar-refractivity contribution in [1.29, 1.82) is 0 Å². The predicted molar refractivity (Wildman–Crippen MR) is 504 cm³/mol. The van der Waals surface area contributed by atoms with Gasteiger partial charge in [0.2, 0.25) is 0 Å². The minimum absolute atomic E-state index is 0.203. The van der Waals surface area contributed by atoms with E-state index in [0.717, 1.165) is 111 Å². The highest BCUT2D eigenvalue weighted by Gasteiger charge is 2.56. The fourth-order valence-electron chi connectivity index (χ4n) is 23.8. The number of fused-ring (bicyclic) bond motifs is 25. The van der Waals surface area contributed by atoms with Crippen LogP contribution in [-0.2, 0) is 21.7 Å². The van der Waals surface area contributed by atoms with Crippen LogP contribution in [0.3, 0.4) is 0 Å². The number of benzene rings is 14. The van der Waals surface area contributed by atoms with Gasteiger partial charge in [0.1, 0.15) is 33.5 Å². The van der Waals surface area contributed by atoms with Crippen LogP contribution in [0.4, 0.5) is 17.1 Å². The van der Waals surface area contributed by atoms with Crippen molar-refractivity contribution < 1.29 is 13.3 Å². The normalized spacial score (nSPS) is 14.6. The number of hydrogen-bond acceptors (Lipinski definition) is 4. The van der Waals surface area contributed by atoms with Crippen LogP contribution in [0.25, 0.3) is 110 Å². The molecule has 3 aromatic heterocycles. The average Bonchev–Trinajstić information content (AvgIpc) is 1.50. The molecular weight excluding hydrogens is 1460 g/mol. The number of hydrogen-bond donors (Lipinski definition) is 0. The first-order valence-electron chi connectivity index (χ1n) is 45.9. The van der Waals surface area contributed by atoms with E-state index in [1.54, 1.807) is 16.7 Å². The Kier molecular flexibility index (Phi) is 19.8. The predicted octanol–water partition coefficient (Wildman–Crippen LogP) is 33.6. The molecule has 596 valence electrons. The summed E-state index contributed by atoms with van der Waals surface area (Å²) in [5, 5.41) is 7.02. The van der Waals surface area contributed by atoms with E-state index in [4.69, 9.17) is 13.3 Å². The summed E-state index contributed by atoms with van der Waals surface area (Å²) in [6.45, 7) is 9.49. The molecule has 0 N–H and O–H groups in total. The molecule has 4 nitrogen and oxygen atoms in total. The van der Waals surface area contributed by atoms with Crippen LogP contribution in [0.1, 0.15) is 249 Å². The van der Waals surface area contributed by atoms with E-state index >= 15 is 0 Å². The Labute approximate surface area is 708 Å². The number of furan rings is 3. The zero-order chi connectivity index (χ0) is 80.5. The largest absolute Gasteiger partial charge is 0.456 e. The van der Waals surface area contributed by atoms with Gasteiger partial charge in [-0.1, -0.05) is 381 Å². The number of unbranched alkanes of at least 4 members (excludes halogenated alkanes) is 16. The average molecular weight is 1570 g/mol. The van der Waals surface area contributed by atoms with Crippen molar-refractivity contribution in [2.45, 2.75) is 203 Å². The van der Waals surface area contributed by atoms with Crippen LogP contribution in [0.5, 0.6) is 0 Å². The molecule has 4 aliphatic carbocycles. The van der Waals surface area contributed by atoms with Gasteiger partial charge >= 0.3 is 0 Å². The summed E-state index contributed by atoms with van der Waals surface area (Å²) < 4.78 is 21.8. The molecule has 17 aromatic rings. The molecule has 0 amide bonds. The molecule has 3 heterocycles. The molecule has 0 fully saturated rings. The summed E-state index contributed by atoms with van der Waals surface area (Å²) in [5.41, 5.74) is 33.5. The maximum atomic E-state index is 7.78. The van der Waals surface area contributed by atoms with Crippen LogP contribution < -0.4 is 4.90 Å². The molecule has 4 heteroatoms. The van der Waals surface area contributed by atoms with E-state index in [1.165, 1.54) is 221 Å². The van der Waals surface area contributed by atoms with E-state index in [0.29, 0.717) is 0 Å². The van der Waals surface area contributed by atoms with Crippen molar-refractivity contribution in [3.8, 4) is 44.5 Å². The molecule has 0 atom stereocenters. The summed E-state index contributed by atoms with van der Waals surface area (Å²) in [5.74, 6) is 0. The molecule has 0 bridgehead atoms. The van der Waals surface area contributed by atoms with E-state index in [-0.39, 0.29) is 10.8 Å². The summed E-state index contributed by atoms with van der Waals surface area (Å²) in [6, 6.07) is 114.